The summed E-state index contributed by atoms with van der Waals surface area (Å²) in [6.07, 6.45) is 3.78. The Morgan fingerprint density at radius 3 is 1.62 bits per heavy atom. The van der Waals surface area contributed by atoms with Gasteiger partial charge in [-0.3, -0.25) is 19.7 Å². The number of amides is 2. The molecule has 2 amide bonds. The molecule has 0 aliphatic rings. The first-order valence-corrected chi connectivity index (χ1v) is 11.7. The molecule has 0 fully saturated rings. The van der Waals surface area contributed by atoms with Gasteiger partial charge in [0, 0.05) is 33.3 Å². The summed E-state index contributed by atoms with van der Waals surface area (Å²) in [6.45, 7) is 0. The molecule has 0 atom stereocenters. The van der Waals surface area contributed by atoms with Crippen LogP contribution in [-0.2, 0) is 9.59 Å². The van der Waals surface area contributed by atoms with Gasteiger partial charge in [-0.25, -0.2) is 10.9 Å². The number of hydrogen-bond donors (Lipinski definition) is 2. The van der Waals surface area contributed by atoms with Crippen LogP contribution in [0.25, 0.3) is 6.08 Å². The second kappa shape index (κ2) is 13.0. The van der Waals surface area contributed by atoms with E-state index in [1.165, 1.54) is 54.9 Å². The van der Waals surface area contributed by atoms with Crippen molar-refractivity contribution in [3.63, 3.8) is 0 Å². The third kappa shape index (κ3) is 8.12. The van der Waals surface area contributed by atoms with Crippen LogP contribution in [0.5, 0.6) is 0 Å². The number of benzene rings is 3. The zero-order valence-electron chi connectivity index (χ0n) is 18.5. The van der Waals surface area contributed by atoms with Crippen LogP contribution in [0.1, 0.15) is 16.7 Å². The zero-order chi connectivity index (χ0) is 26.9. The monoisotopic (exact) mass is 577 g/mol. The highest BCUT2D eigenvalue weighted by molar-refractivity contribution is 6.36. The summed E-state index contributed by atoms with van der Waals surface area (Å²) in [7, 11) is 0. The van der Waals surface area contributed by atoms with Crippen molar-refractivity contribution in [1.29, 1.82) is 0 Å². The van der Waals surface area contributed by atoms with E-state index in [0.717, 1.165) is 0 Å². The molecule has 0 spiro atoms. The van der Waals surface area contributed by atoms with E-state index in [-0.39, 0.29) is 11.3 Å². The number of rotatable bonds is 8. The first kappa shape index (κ1) is 27.8. The minimum absolute atomic E-state index is 0.151. The van der Waals surface area contributed by atoms with E-state index in [0.29, 0.717) is 36.8 Å². The Hall–Kier alpha value is -3.76. The summed E-state index contributed by atoms with van der Waals surface area (Å²) < 4.78 is 0. The third-order valence-electron chi connectivity index (χ3n) is 4.57. The normalized spacial score (nSPS) is 10.9. The quantitative estimate of drug-likeness (QED) is 0.0862. The van der Waals surface area contributed by atoms with Crippen LogP contribution in [0.2, 0.25) is 20.1 Å². The SMILES string of the molecule is O=C(N/N=C/c1ccc(Cl)cc1Cl)C(=Cc1ccc([N+](=O)[O-])cc1)C(=O)N/N=C/c1ccc(Cl)cc1Cl. The first-order chi connectivity index (χ1) is 17.6. The fraction of sp³-hybridized carbons (Fsp3) is 0. The number of halogens is 4. The second-order valence-corrected chi connectivity index (χ2v) is 8.82. The molecule has 0 heterocycles. The molecule has 3 rings (SSSR count). The van der Waals surface area contributed by atoms with Gasteiger partial charge in [-0.2, -0.15) is 10.2 Å². The smallest absolute Gasteiger partial charge is 0.267 e. The van der Waals surface area contributed by atoms with Crippen LogP contribution in [0.4, 0.5) is 5.69 Å². The van der Waals surface area contributed by atoms with Gasteiger partial charge in [-0.05, 0) is 48.0 Å². The summed E-state index contributed by atoms with van der Waals surface area (Å²) in [5, 5.41) is 20.0. The van der Waals surface area contributed by atoms with Crippen molar-refractivity contribution in [2.75, 3.05) is 0 Å². The van der Waals surface area contributed by atoms with Crippen molar-refractivity contribution in [1.82, 2.24) is 10.9 Å². The number of non-ortho nitro benzene ring substituents is 1. The standard InChI is InChI=1S/C24H15Cl4N5O4/c25-17-5-3-15(21(27)10-17)12-29-31-23(34)20(9-14-1-7-19(8-2-14)33(36)37)24(35)32-30-13-16-4-6-18(26)11-22(16)28/h1-13H,(H,31,34)(H,32,35)/b29-12+,30-13+. The van der Waals surface area contributed by atoms with Gasteiger partial charge >= 0.3 is 0 Å². The van der Waals surface area contributed by atoms with Crippen molar-refractivity contribution in [2.24, 2.45) is 10.2 Å². The second-order valence-electron chi connectivity index (χ2n) is 7.14. The average Bonchev–Trinajstić information content (AvgIpc) is 2.85. The van der Waals surface area contributed by atoms with Crippen molar-refractivity contribution < 1.29 is 14.5 Å². The van der Waals surface area contributed by atoms with Crippen molar-refractivity contribution in [2.45, 2.75) is 0 Å². The molecule has 0 unspecified atom stereocenters. The molecule has 2 N–H and O–H groups in total. The largest absolute Gasteiger partial charge is 0.277 e. The van der Waals surface area contributed by atoms with E-state index in [2.05, 4.69) is 21.1 Å². The number of nitrogens with zero attached hydrogens (tertiary/aromatic N) is 3. The lowest BCUT2D eigenvalue weighted by atomic mass is 10.1. The maximum absolute atomic E-state index is 12.8. The van der Waals surface area contributed by atoms with E-state index < -0.39 is 16.7 Å². The predicted octanol–water partition coefficient (Wildman–Crippen LogP) is 5.89. The predicted molar refractivity (Wildman–Crippen MR) is 145 cm³/mol. The molecule has 0 saturated carbocycles. The number of nitro benzene ring substituents is 1. The van der Waals surface area contributed by atoms with Gasteiger partial charge in [0.1, 0.15) is 5.57 Å². The van der Waals surface area contributed by atoms with E-state index in [1.54, 1.807) is 24.3 Å². The van der Waals surface area contributed by atoms with Crippen LogP contribution in [-0.4, -0.2) is 29.2 Å². The van der Waals surface area contributed by atoms with Crippen molar-refractivity contribution in [3.8, 4) is 0 Å². The van der Waals surface area contributed by atoms with E-state index in [1.807, 2.05) is 0 Å². The van der Waals surface area contributed by atoms with Crippen LogP contribution in [0, 0.1) is 10.1 Å². The van der Waals surface area contributed by atoms with Gasteiger partial charge in [0.05, 0.1) is 27.4 Å². The Kier molecular flexibility index (Phi) is 9.76. The summed E-state index contributed by atoms with van der Waals surface area (Å²) >= 11 is 23.9. The maximum Gasteiger partial charge on any atom is 0.277 e. The summed E-state index contributed by atoms with van der Waals surface area (Å²) in [6, 6.07) is 14.6. The topological polar surface area (TPSA) is 126 Å². The first-order valence-electron chi connectivity index (χ1n) is 10.2. The molecule has 13 heteroatoms. The lowest BCUT2D eigenvalue weighted by Crippen LogP contribution is -2.30. The minimum atomic E-state index is -0.878. The van der Waals surface area contributed by atoms with E-state index in [4.69, 9.17) is 46.4 Å². The Morgan fingerprint density at radius 1 is 0.757 bits per heavy atom. The fourth-order valence-corrected chi connectivity index (χ4v) is 3.66. The molecule has 3 aromatic rings. The number of hydrazone groups is 2. The molecule has 188 valence electrons. The van der Waals surface area contributed by atoms with Crippen molar-refractivity contribution >= 4 is 82.4 Å². The number of carbonyl (C=O) groups excluding carboxylic acids is 2. The maximum atomic E-state index is 12.8. The molecular weight excluding hydrogens is 564 g/mol. The lowest BCUT2D eigenvalue weighted by Gasteiger charge is -2.06. The third-order valence-corrected chi connectivity index (χ3v) is 5.69. The molecule has 3 aromatic carbocycles. The highest BCUT2D eigenvalue weighted by Crippen LogP contribution is 2.20. The molecule has 37 heavy (non-hydrogen) atoms. The molecule has 0 aliphatic carbocycles. The van der Waals surface area contributed by atoms with Crippen LogP contribution in [0.15, 0.2) is 76.4 Å². The zero-order valence-corrected chi connectivity index (χ0v) is 21.5. The average molecular weight is 579 g/mol. The van der Waals surface area contributed by atoms with Gasteiger partial charge in [0.25, 0.3) is 17.5 Å². The van der Waals surface area contributed by atoms with E-state index >= 15 is 0 Å². The Bertz CT molecular complexity index is 1360. The van der Waals surface area contributed by atoms with Crippen LogP contribution in [0.3, 0.4) is 0 Å². The van der Waals surface area contributed by atoms with Gasteiger partial charge in [-0.1, -0.05) is 58.5 Å². The Labute approximate surface area is 230 Å². The molecule has 0 radical (unpaired) electrons. The van der Waals surface area contributed by atoms with Gasteiger partial charge in [0.2, 0.25) is 0 Å². The lowest BCUT2D eigenvalue weighted by molar-refractivity contribution is -0.384. The van der Waals surface area contributed by atoms with Crippen molar-refractivity contribution in [3.05, 3.63) is 113 Å². The Balaban J connectivity index is 1.82. The molecule has 0 aliphatic heterocycles. The number of nitro groups is 1. The highest BCUT2D eigenvalue weighted by Gasteiger charge is 2.18. The van der Waals surface area contributed by atoms with Crippen LogP contribution >= 0.6 is 46.4 Å². The number of hydrogen-bond acceptors (Lipinski definition) is 6. The summed E-state index contributed by atoms with van der Waals surface area (Å²) in [5.41, 5.74) is 5.24. The van der Waals surface area contributed by atoms with Gasteiger partial charge in [0.15, 0.2) is 0 Å². The van der Waals surface area contributed by atoms with Gasteiger partial charge in [-0.15, -0.1) is 0 Å². The molecule has 0 aromatic heterocycles. The van der Waals surface area contributed by atoms with Gasteiger partial charge < -0.3 is 0 Å². The summed E-state index contributed by atoms with van der Waals surface area (Å²) in [4.78, 5) is 36.0. The van der Waals surface area contributed by atoms with Crippen LogP contribution < -0.4 is 10.9 Å². The number of carbonyl (C=O) groups is 2. The molecule has 9 nitrogen and oxygen atoms in total. The highest BCUT2D eigenvalue weighted by atomic mass is 35.5. The Morgan fingerprint density at radius 2 is 1.22 bits per heavy atom. The molecular formula is C24H15Cl4N5O4. The molecule has 0 bridgehead atoms. The molecule has 0 saturated heterocycles. The minimum Gasteiger partial charge on any atom is -0.267 e. The number of nitrogens with one attached hydrogen (secondary N) is 2. The fourth-order valence-electron chi connectivity index (χ4n) is 2.75. The van der Waals surface area contributed by atoms with E-state index in [9.17, 15) is 19.7 Å². The summed E-state index contributed by atoms with van der Waals surface area (Å²) in [5.74, 6) is -1.76.